The number of ether oxygens (including phenoxy) is 1. The molecule has 2 aliphatic heterocycles. The number of hydrogen-bond donors (Lipinski definition) is 0. The molecule has 2 saturated heterocycles. The number of rotatable bonds is 3. The molecule has 7 nitrogen and oxygen atoms in total. The number of amides is 1. The molecule has 1 spiro atoms. The minimum atomic E-state index is -2.10. The average Bonchev–Trinajstić information content (AvgIpc) is 2.99. The second-order valence-electron chi connectivity index (χ2n) is 6.76. The molecule has 0 bridgehead atoms. The minimum absolute atomic E-state index is 0.128. The van der Waals surface area contributed by atoms with Crippen LogP contribution in [0.25, 0.3) is 0 Å². The molecule has 0 N–H and O–H groups in total. The van der Waals surface area contributed by atoms with E-state index in [1.165, 1.54) is 0 Å². The molecule has 3 heterocycles. The molecule has 2 fully saturated rings. The molecule has 2 aliphatic rings. The van der Waals surface area contributed by atoms with Gasteiger partial charge in [-0.1, -0.05) is 6.92 Å². The van der Waals surface area contributed by atoms with Gasteiger partial charge >= 0.3 is 0 Å². The molecule has 25 heavy (non-hydrogen) atoms. The lowest BCUT2D eigenvalue weighted by Gasteiger charge is -2.45. The maximum absolute atomic E-state index is 12.9. The number of nitrogens with zero attached hydrogens (tertiary/aromatic N) is 3. The maximum atomic E-state index is 12.9. The molecule has 0 atom stereocenters. The van der Waals surface area contributed by atoms with E-state index in [2.05, 4.69) is 9.35 Å². The quantitative estimate of drug-likeness (QED) is 0.814. The third-order valence-corrected chi connectivity index (χ3v) is 7.40. The summed E-state index contributed by atoms with van der Waals surface area (Å²) in [6.45, 7) is 7.79. The molecule has 140 valence electrons. The van der Waals surface area contributed by atoms with E-state index in [0.29, 0.717) is 74.4 Å². The summed E-state index contributed by atoms with van der Waals surface area (Å²) in [5.74, 6) is 1.88. The fourth-order valence-electron chi connectivity index (χ4n) is 3.55. The lowest BCUT2D eigenvalue weighted by molar-refractivity contribution is -0.104. The number of hydrogen-bond acceptors (Lipinski definition) is 6. The van der Waals surface area contributed by atoms with Gasteiger partial charge in [0, 0.05) is 40.7 Å². The van der Waals surface area contributed by atoms with E-state index < -0.39 is 15.3 Å². The third-order valence-electron chi connectivity index (χ3n) is 4.99. The smallest absolute Gasteiger partial charge is 0.291 e. The number of aryl methyl sites for hydroxylation is 2. The van der Waals surface area contributed by atoms with Crippen LogP contribution < -0.4 is 0 Å². The summed E-state index contributed by atoms with van der Waals surface area (Å²) in [5.41, 5.74) is 0.232. The number of carbonyl (C=O) groups excluding carboxylic acids is 1. The van der Waals surface area contributed by atoms with Crippen LogP contribution in [-0.2, 0) is 20.9 Å². The van der Waals surface area contributed by atoms with Gasteiger partial charge < -0.3 is 14.1 Å². The Morgan fingerprint density at radius 3 is 2.68 bits per heavy atom. The van der Waals surface area contributed by atoms with Crippen molar-refractivity contribution < 1.29 is 18.2 Å². The summed E-state index contributed by atoms with van der Waals surface area (Å²) in [6, 6.07) is 0. The first-order valence-electron chi connectivity index (χ1n) is 8.98. The van der Waals surface area contributed by atoms with Crippen LogP contribution in [0, 0.1) is 6.92 Å². The summed E-state index contributed by atoms with van der Waals surface area (Å²) in [7, 11) is -2.10. The third kappa shape index (κ3) is 3.74. The van der Waals surface area contributed by atoms with Gasteiger partial charge in [0.2, 0.25) is 5.76 Å². The van der Waals surface area contributed by atoms with Crippen LogP contribution in [0.4, 0.5) is 0 Å². The zero-order valence-corrected chi connectivity index (χ0v) is 16.1. The molecule has 0 aromatic carbocycles. The van der Waals surface area contributed by atoms with Crippen LogP contribution in [-0.4, -0.2) is 63.3 Å². The number of morpholine rings is 1. The standard InChI is InChI=1S/C17H27N3O4S/c1-4-14-19-13(3)15(24-14)16(21)20-8-9-23-17(12-20)6-10-25(22,11-7-17)18-5-2/h4-12H2,1-3H3. The number of carbonyl (C=O) groups is 1. The lowest BCUT2D eigenvalue weighted by Crippen LogP contribution is -2.56. The monoisotopic (exact) mass is 369 g/mol. The van der Waals surface area contributed by atoms with Crippen molar-refractivity contribution >= 4 is 15.6 Å². The summed E-state index contributed by atoms with van der Waals surface area (Å²) < 4.78 is 28.6. The molecule has 0 radical (unpaired) electrons. The van der Waals surface area contributed by atoms with Gasteiger partial charge in [-0.25, -0.2) is 13.6 Å². The zero-order chi connectivity index (χ0) is 18.1. The zero-order valence-electron chi connectivity index (χ0n) is 15.2. The predicted octanol–water partition coefficient (Wildman–Crippen LogP) is 2.04. The van der Waals surface area contributed by atoms with Gasteiger partial charge in [0.25, 0.3) is 5.91 Å². The fraction of sp³-hybridized carbons (Fsp3) is 0.765. The fourth-order valence-corrected chi connectivity index (χ4v) is 5.86. The van der Waals surface area contributed by atoms with E-state index in [1.54, 1.807) is 11.8 Å². The highest BCUT2D eigenvalue weighted by Gasteiger charge is 2.43. The van der Waals surface area contributed by atoms with Crippen LogP contribution in [0.15, 0.2) is 8.78 Å². The Hall–Kier alpha value is -1.41. The van der Waals surface area contributed by atoms with E-state index >= 15 is 0 Å². The van der Waals surface area contributed by atoms with Crippen LogP contribution >= 0.6 is 0 Å². The molecular formula is C17H27N3O4S. The van der Waals surface area contributed by atoms with Crippen molar-refractivity contribution in [3.8, 4) is 0 Å². The van der Waals surface area contributed by atoms with Crippen molar-refractivity contribution in [1.82, 2.24) is 9.88 Å². The number of aromatic nitrogens is 1. The Labute approximate surface area is 149 Å². The van der Waals surface area contributed by atoms with Gasteiger partial charge in [-0.15, -0.1) is 0 Å². The predicted molar refractivity (Wildman–Crippen MR) is 95.3 cm³/mol. The van der Waals surface area contributed by atoms with E-state index in [9.17, 15) is 9.00 Å². The average molecular weight is 369 g/mol. The van der Waals surface area contributed by atoms with Crippen LogP contribution in [0.3, 0.4) is 0 Å². The molecule has 0 saturated carbocycles. The first-order chi connectivity index (χ1) is 11.9. The highest BCUT2D eigenvalue weighted by atomic mass is 32.2. The molecule has 8 heteroatoms. The highest BCUT2D eigenvalue weighted by molar-refractivity contribution is 7.93. The van der Waals surface area contributed by atoms with E-state index in [4.69, 9.17) is 9.15 Å². The van der Waals surface area contributed by atoms with Crippen LogP contribution in [0.5, 0.6) is 0 Å². The van der Waals surface area contributed by atoms with E-state index in [0.717, 1.165) is 0 Å². The maximum Gasteiger partial charge on any atom is 0.291 e. The summed E-state index contributed by atoms with van der Waals surface area (Å²) in [4.78, 5) is 19.0. The second kappa shape index (κ2) is 7.07. The molecule has 0 unspecified atom stereocenters. The Kier molecular flexibility index (Phi) is 5.20. The highest BCUT2D eigenvalue weighted by Crippen LogP contribution is 2.32. The van der Waals surface area contributed by atoms with Gasteiger partial charge in [0.15, 0.2) is 5.89 Å². The first kappa shape index (κ1) is 18.4. The van der Waals surface area contributed by atoms with Crippen molar-refractivity contribution in [3.05, 3.63) is 17.3 Å². The van der Waals surface area contributed by atoms with E-state index in [-0.39, 0.29) is 5.91 Å². The Morgan fingerprint density at radius 1 is 1.36 bits per heavy atom. The summed E-state index contributed by atoms with van der Waals surface area (Å²) in [5, 5.41) is 0. The van der Waals surface area contributed by atoms with Crippen molar-refractivity contribution in [3.63, 3.8) is 0 Å². The van der Waals surface area contributed by atoms with Crippen LogP contribution in [0.2, 0.25) is 0 Å². The van der Waals surface area contributed by atoms with Gasteiger partial charge in [-0.05, 0) is 26.7 Å². The van der Waals surface area contributed by atoms with E-state index in [1.807, 2.05) is 13.8 Å². The first-order valence-corrected chi connectivity index (χ1v) is 10.8. The normalized spacial score (nSPS) is 29.8. The molecule has 0 aliphatic carbocycles. The van der Waals surface area contributed by atoms with Crippen molar-refractivity contribution in [2.24, 2.45) is 4.36 Å². The molecular weight excluding hydrogens is 342 g/mol. The van der Waals surface area contributed by atoms with Crippen LogP contribution in [0.1, 0.15) is 48.8 Å². The van der Waals surface area contributed by atoms with Crippen molar-refractivity contribution in [2.75, 3.05) is 37.7 Å². The van der Waals surface area contributed by atoms with Gasteiger partial charge in [-0.3, -0.25) is 4.79 Å². The molecule has 1 aromatic heterocycles. The van der Waals surface area contributed by atoms with Gasteiger partial charge in [0.05, 0.1) is 24.4 Å². The minimum Gasteiger partial charge on any atom is -0.435 e. The Bertz CT molecular complexity index is 750. The van der Waals surface area contributed by atoms with Gasteiger partial charge in [0.1, 0.15) is 0 Å². The SMILES string of the molecule is CCN=S1(=O)CCC2(CC1)CN(C(=O)c1oc(CC)nc1C)CCO2. The Balaban J connectivity index is 1.73. The Morgan fingerprint density at radius 2 is 2.08 bits per heavy atom. The lowest BCUT2D eigenvalue weighted by atomic mass is 9.94. The van der Waals surface area contributed by atoms with Crippen molar-refractivity contribution in [1.29, 1.82) is 0 Å². The largest absolute Gasteiger partial charge is 0.435 e. The van der Waals surface area contributed by atoms with Crippen molar-refractivity contribution in [2.45, 2.75) is 45.6 Å². The summed E-state index contributed by atoms with van der Waals surface area (Å²) in [6.07, 6.45) is 2.01. The molecule has 1 aromatic rings. The van der Waals surface area contributed by atoms with Gasteiger partial charge in [-0.2, -0.15) is 0 Å². The topological polar surface area (TPSA) is 85.0 Å². The number of oxazole rings is 1. The second-order valence-corrected chi connectivity index (χ2v) is 9.38. The molecule has 1 amide bonds. The summed E-state index contributed by atoms with van der Waals surface area (Å²) >= 11 is 0. The molecule has 3 rings (SSSR count).